The van der Waals surface area contributed by atoms with E-state index in [4.69, 9.17) is 4.74 Å². The average Bonchev–Trinajstić information content (AvgIpc) is 2.97. The van der Waals surface area contributed by atoms with Crippen molar-refractivity contribution in [1.82, 2.24) is 0 Å². The molecule has 170 valence electrons. The predicted molar refractivity (Wildman–Crippen MR) is 118 cm³/mol. The van der Waals surface area contributed by atoms with Crippen molar-refractivity contribution in [2.24, 2.45) is 39.9 Å². The summed E-state index contributed by atoms with van der Waals surface area (Å²) in [6.07, 6.45) is 11.8. The van der Waals surface area contributed by atoms with Crippen molar-refractivity contribution in [3.05, 3.63) is 11.6 Å². The van der Waals surface area contributed by atoms with E-state index in [-0.39, 0.29) is 34.2 Å². The summed E-state index contributed by atoms with van der Waals surface area (Å²) >= 11 is 0. The zero-order valence-electron chi connectivity index (χ0n) is 19.7. The van der Waals surface area contributed by atoms with Gasteiger partial charge in [-0.25, -0.2) is 0 Å². The Balaban J connectivity index is 1.47. The molecule has 4 saturated carbocycles. The number of rotatable bonds is 2. The predicted octanol–water partition coefficient (Wildman–Crippen LogP) is 5.44. The Morgan fingerprint density at radius 1 is 1.03 bits per heavy atom. The molecule has 0 N–H and O–H groups in total. The lowest BCUT2D eigenvalue weighted by Crippen LogP contribution is -2.55. The molecule has 0 spiro atoms. The highest BCUT2D eigenvalue weighted by Gasteiger charge is 2.69. The highest BCUT2D eigenvalue weighted by molar-refractivity contribution is 5.89. The number of allylic oxidation sites excluding steroid dienone is 1. The minimum atomic E-state index is -0.283. The number of hydrogen-bond acceptors (Lipinski definition) is 4. The lowest BCUT2D eigenvalue weighted by molar-refractivity contribution is -0.153. The summed E-state index contributed by atoms with van der Waals surface area (Å²) in [7, 11) is 0. The van der Waals surface area contributed by atoms with Crippen LogP contribution in [0.15, 0.2) is 11.6 Å². The topological polar surface area (TPSA) is 60.4 Å². The molecule has 4 nitrogen and oxygen atoms in total. The van der Waals surface area contributed by atoms with Gasteiger partial charge in [-0.2, -0.15) is 0 Å². The van der Waals surface area contributed by atoms with Gasteiger partial charge in [-0.15, -0.1) is 0 Å². The van der Waals surface area contributed by atoms with Gasteiger partial charge in [0.2, 0.25) is 0 Å². The molecule has 0 saturated heterocycles. The van der Waals surface area contributed by atoms with Gasteiger partial charge in [0.15, 0.2) is 0 Å². The molecule has 0 aromatic heterocycles. The Kier molecular flexibility index (Phi) is 4.85. The van der Waals surface area contributed by atoms with Crippen LogP contribution in [0.1, 0.15) is 91.9 Å². The van der Waals surface area contributed by atoms with Crippen LogP contribution in [0.25, 0.3) is 0 Å². The number of carbonyl (C=O) groups is 3. The average molecular weight is 427 g/mol. The number of esters is 1. The molecule has 0 radical (unpaired) electrons. The van der Waals surface area contributed by atoms with Gasteiger partial charge in [-0.1, -0.05) is 25.5 Å². The molecule has 0 aromatic rings. The molecule has 5 aliphatic carbocycles. The van der Waals surface area contributed by atoms with Crippen LogP contribution in [0.4, 0.5) is 0 Å². The summed E-state index contributed by atoms with van der Waals surface area (Å²) in [6.45, 7) is 8.17. The first-order valence-electron chi connectivity index (χ1n) is 12.5. The van der Waals surface area contributed by atoms with E-state index in [2.05, 4.69) is 19.9 Å². The van der Waals surface area contributed by atoms with E-state index in [1.807, 2.05) is 0 Å². The molecular formula is C27H38O4. The maximum Gasteiger partial charge on any atom is 0.302 e. The van der Waals surface area contributed by atoms with E-state index in [0.717, 1.165) is 44.9 Å². The SMILES string of the molecule is CC(=O)O[C@H]1CCC2(C)C(=CCC3C2CCC2(C)C3CC3CC(=O)CCC32C(C)=O)C1. The molecule has 0 heterocycles. The Morgan fingerprint density at radius 2 is 1.81 bits per heavy atom. The fourth-order valence-corrected chi connectivity index (χ4v) is 9.57. The second-order valence-corrected chi connectivity index (χ2v) is 11.9. The summed E-state index contributed by atoms with van der Waals surface area (Å²) in [4.78, 5) is 37.0. The van der Waals surface area contributed by atoms with E-state index >= 15 is 0 Å². The van der Waals surface area contributed by atoms with E-state index in [0.29, 0.717) is 42.2 Å². The van der Waals surface area contributed by atoms with Crippen molar-refractivity contribution >= 4 is 17.5 Å². The number of ether oxygens (including phenoxy) is 1. The third kappa shape index (κ3) is 2.82. The third-order valence-electron chi connectivity index (χ3n) is 10.9. The van der Waals surface area contributed by atoms with Crippen molar-refractivity contribution in [3.63, 3.8) is 0 Å². The van der Waals surface area contributed by atoms with Crippen molar-refractivity contribution in [2.45, 2.75) is 98.0 Å². The van der Waals surface area contributed by atoms with Crippen LogP contribution >= 0.6 is 0 Å². The highest BCUT2D eigenvalue weighted by Crippen LogP contribution is 2.73. The molecule has 0 amide bonds. The lowest BCUT2D eigenvalue weighted by atomic mass is 9.44. The molecule has 31 heavy (non-hydrogen) atoms. The molecule has 5 aliphatic rings. The molecule has 4 fully saturated rings. The van der Waals surface area contributed by atoms with Crippen molar-refractivity contribution in [2.75, 3.05) is 0 Å². The van der Waals surface area contributed by atoms with Crippen molar-refractivity contribution in [3.8, 4) is 0 Å². The van der Waals surface area contributed by atoms with E-state index in [1.54, 1.807) is 6.92 Å². The minimum Gasteiger partial charge on any atom is -0.462 e. The summed E-state index contributed by atoms with van der Waals surface area (Å²) < 4.78 is 5.57. The first-order chi connectivity index (χ1) is 14.6. The number of fused-ring (bicyclic) bond motifs is 7. The molecule has 0 bridgehead atoms. The first kappa shape index (κ1) is 21.4. The van der Waals surface area contributed by atoms with Gasteiger partial charge >= 0.3 is 5.97 Å². The van der Waals surface area contributed by atoms with Gasteiger partial charge in [0.1, 0.15) is 17.7 Å². The van der Waals surface area contributed by atoms with Gasteiger partial charge in [0, 0.05) is 31.6 Å². The number of Topliss-reactive ketones (excluding diaryl/α,β-unsaturated/α-hetero) is 2. The molecule has 0 aromatic carbocycles. The number of ketones is 2. The fourth-order valence-electron chi connectivity index (χ4n) is 9.57. The maximum absolute atomic E-state index is 13.2. The monoisotopic (exact) mass is 426 g/mol. The van der Waals surface area contributed by atoms with Crippen LogP contribution in [0.2, 0.25) is 0 Å². The Labute approximate surface area is 186 Å². The van der Waals surface area contributed by atoms with Gasteiger partial charge in [0.25, 0.3) is 0 Å². The second-order valence-electron chi connectivity index (χ2n) is 11.9. The normalized spacial score (nSPS) is 48.6. The Hall–Kier alpha value is -1.45. The number of hydrogen-bond donors (Lipinski definition) is 0. The van der Waals surface area contributed by atoms with Gasteiger partial charge in [0.05, 0.1) is 0 Å². The van der Waals surface area contributed by atoms with Crippen LogP contribution in [0, 0.1) is 39.9 Å². The van der Waals surface area contributed by atoms with Gasteiger partial charge < -0.3 is 4.74 Å². The summed E-state index contributed by atoms with van der Waals surface area (Å²) in [6, 6.07) is 0. The molecule has 7 unspecified atom stereocenters. The first-order valence-corrected chi connectivity index (χ1v) is 12.5. The highest BCUT2D eigenvalue weighted by atomic mass is 16.5. The molecule has 8 atom stereocenters. The summed E-state index contributed by atoms with van der Waals surface area (Å²) in [5.41, 5.74) is 1.44. The molecule has 0 aliphatic heterocycles. The quantitative estimate of drug-likeness (QED) is 0.436. The Bertz CT molecular complexity index is 857. The summed E-state index contributed by atoms with van der Waals surface area (Å²) in [5.74, 6) is 2.56. The van der Waals surface area contributed by atoms with Crippen LogP contribution in [0.5, 0.6) is 0 Å². The van der Waals surface area contributed by atoms with E-state index in [1.165, 1.54) is 18.9 Å². The smallest absolute Gasteiger partial charge is 0.302 e. The van der Waals surface area contributed by atoms with E-state index < -0.39 is 0 Å². The standard InChI is InChI=1S/C27H38O4/c1-16(28)27-12-7-20(30)13-19(27)15-24-22-6-5-18-14-21(31-17(2)29)8-10-25(18,3)23(22)9-11-26(24,27)4/h5,19,21-24H,6-15H2,1-4H3/t19?,21-,22?,23?,24?,25?,26?,27?/m0/s1. The van der Waals surface area contributed by atoms with Crippen LogP contribution in [-0.4, -0.2) is 23.6 Å². The summed E-state index contributed by atoms with van der Waals surface area (Å²) in [5, 5.41) is 0. The number of carbonyl (C=O) groups excluding carboxylic acids is 3. The third-order valence-corrected chi connectivity index (χ3v) is 10.9. The maximum atomic E-state index is 13.2. The van der Waals surface area contributed by atoms with Gasteiger partial charge in [-0.05, 0) is 86.4 Å². The minimum absolute atomic E-state index is 0.0298. The Morgan fingerprint density at radius 3 is 2.52 bits per heavy atom. The van der Waals surface area contributed by atoms with Crippen LogP contribution in [-0.2, 0) is 19.1 Å². The van der Waals surface area contributed by atoms with Crippen molar-refractivity contribution < 1.29 is 19.1 Å². The van der Waals surface area contributed by atoms with Crippen LogP contribution < -0.4 is 0 Å². The zero-order valence-corrected chi connectivity index (χ0v) is 19.7. The van der Waals surface area contributed by atoms with Crippen molar-refractivity contribution in [1.29, 1.82) is 0 Å². The zero-order chi connectivity index (χ0) is 22.2. The second kappa shape index (κ2) is 7.02. The lowest BCUT2D eigenvalue weighted by Gasteiger charge is -2.60. The van der Waals surface area contributed by atoms with Gasteiger partial charge in [-0.3, -0.25) is 14.4 Å². The molecule has 5 rings (SSSR count). The van der Waals surface area contributed by atoms with Crippen LogP contribution in [0.3, 0.4) is 0 Å². The molecule has 4 heteroatoms. The largest absolute Gasteiger partial charge is 0.462 e. The van der Waals surface area contributed by atoms with E-state index in [9.17, 15) is 14.4 Å². The molecular weight excluding hydrogens is 388 g/mol. The fraction of sp³-hybridized carbons (Fsp3) is 0.815.